The molecule has 6 heteroatoms. The second kappa shape index (κ2) is 6.67. The average molecular weight is 374 g/mol. The van der Waals surface area contributed by atoms with E-state index < -0.39 is 0 Å². The van der Waals surface area contributed by atoms with Crippen LogP contribution >= 0.6 is 22.7 Å². The van der Waals surface area contributed by atoms with Crippen molar-refractivity contribution >= 4 is 28.6 Å². The van der Waals surface area contributed by atoms with Crippen molar-refractivity contribution in [1.82, 2.24) is 14.8 Å². The van der Waals surface area contributed by atoms with Gasteiger partial charge in [-0.25, -0.2) is 4.98 Å². The summed E-state index contributed by atoms with van der Waals surface area (Å²) in [6, 6.07) is 4.39. The molecular weight excluding hydrogens is 350 g/mol. The summed E-state index contributed by atoms with van der Waals surface area (Å²) in [5.41, 5.74) is -0.312. The Bertz CT molecular complexity index is 769. The fraction of sp³-hybridized carbons (Fsp3) is 0.474. The standard InChI is InChI=1S/C19H23N3OS2/c1-3-8-22-9-6-19(18(22)23)13-21(11-15-5-4-14(2)25-15)12-16(19)17-20-7-10-24-17/h3-5,7,10,16H,1,6,8-9,11-13H2,2H3. The Morgan fingerprint density at radius 1 is 1.48 bits per heavy atom. The van der Waals surface area contributed by atoms with Crippen LogP contribution in [-0.4, -0.2) is 46.9 Å². The van der Waals surface area contributed by atoms with E-state index in [4.69, 9.17) is 0 Å². The van der Waals surface area contributed by atoms with Crippen molar-refractivity contribution in [2.24, 2.45) is 5.41 Å². The smallest absolute Gasteiger partial charge is 0.231 e. The Morgan fingerprint density at radius 3 is 3.04 bits per heavy atom. The number of aromatic nitrogens is 1. The first kappa shape index (κ1) is 16.9. The van der Waals surface area contributed by atoms with E-state index in [1.165, 1.54) is 9.75 Å². The van der Waals surface area contributed by atoms with Gasteiger partial charge >= 0.3 is 0 Å². The molecule has 4 heterocycles. The highest BCUT2D eigenvalue weighted by Gasteiger charge is 2.57. The van der Waals surface area contributed by atoms with Gasteiger partial charge in [-0.15, -0.1) is 29.3 Å². The third kappa shape index (κ3) is 2.96. The molecule has 4 nitrogen and oxygen atoms in total. The van der Waals surface area contributed by atoms with Gasteiger partial charge in [0.05, 0.1) is 10.4 Å². The predicted molar refractivity (Wildman–Crippen MR) is 103 cm³/mol. The van der Waals surface area contributed by atoms with Gasteiger partial charge in [-0.2, -0.15) is 0 Å². The Morgan fingerprint density at radius 2 is 2.36 bits per heavy atom. The van der Waals surface area contributed by atoms with Crippen LogP contribution in [0.4, 0.5) is 0 Å². The molecule has 1 amide bonds. The summed E-state index contributed by atoms with van der Waals surface area (Å²) < 4.78 is 0. The van der Waals surface area contributed by atoms with Crippen molar-refractivity contribution in [1.29, 1.82) is 0 Å². The molecule has 2 saturated heterocycles. The molecule has 132 valence electrons. The highest BCUT2D eigenvalue weighted by molar-refractivity contribution is 7.11. The third-order valence-corrected chi connectivity index (χ3v) is 7.30. The number of carbonyl (C=O) groups excluding carboxylic acids is 1. The number of thiophene rings is 1. The number of carbonyl (C=O) groups is 1. The quantitative estimate of drug-likeness (QED) is 0.753. The van der Waals surface area contributed by atoms with Crippen LogP contribution in [0.15, 0.2) is 36.4 Å². The highest BCUT2D eigenvalue weighted by Crippen LogP contribution is 2.50. The molecule has 0 aromatic carbocycles. The van der Waals surface area contributed by atoms with Crippen LogP contribution < -0.4 is 0 Å². The van der Waals surface area contributed by atoms with Gasteiger partial charge in [-0.1, -0.05) is 6.08 Å². The maximum atomic E-state index is 13.3. The molecule has 25 heavy (non-hydrogen) atoms. The fourth-order valence-electron chi connectivity index (χ4n) is 4.30. The molecule has 2 aromatic rings. The Kier molecular flexibility index (Phi) is 4.52. The number of rotatable bonds is 5. The van der Waals surface area contributed by atoms with Crippen LogP contribution in [0, 0.1) is 12.3 Å². The van der Waals surface area contributed by atoms with Gasteiger partial charge in [0.15, 0.2) is 0 Å². The lowest BCUT2D eigenvalue weighted by atomic mass is 9.77. The number of nitrogens with zero attached hydrogens (tertiary/aromatic N) is 3. The SMILES string of the molecule is C=CCN1CCC2(CN(Cc3ccc(C)s3)CC2c2nccs2)C1=O. The van der Waals surface area contributed by atoms with Gasteiger partial charge in [0, 0.05) is 60.0 Å². The summed E-state index contributed by atoms with van der Waals surface area (Å²) in [6.45, 7) is 10.1. The van der Waals surface area contributed by atoms with Crippen LogP contribution in [0.3, 0.4) is 0 Å². The molecule has 4 rings (SSSR count). The molecule has 2 fully saturated rings. The van der Waals surface area contributed by atoms with E-state index in [9.17, 15) is 4.79 Å². The van der Waals surface area contributed by atoms with Crippen molar-refractivity contribution in [2.75, 3.05) is 26.2 Å². The summed E-state index contributed by atoms with van der Waals surface area (Å²) in [5, 5.41) is 3.13. The Hall–Kier alpha value is -1.50. The second-order valence-corrected chi connectivity index (χ2v) is 9.35. The van der Waals surface area contributed by atoms with Crippen molar-refractivity contribution < 1.29 is 4.79 Å². The average Bonchev–Trinajstić information content (AvgIpc) is 3.35. The number of amides is 1. The van der Waals surface area contributed by atoms with Crippen LogP contribution in [0.1, 0.15) is 27.1 Å². The van der Waals surface area contributed by atoms with Crippen molar-refractivity contribution in [3.8, 4) is 0 Å². The predicted octanol–water partition coefficient (Wildman–Crippen LogP) is 3.52. The minimum absolute atomic E-state index is 0.205. The molecule has 1 spiro atoms. The molecule has 2 aliphatic heterocycles. The van der Waals surface area contributed by atoms with Gasteiger partial charge in [-0.3, -0.25) is 9.69 Å². The second-order valence-electron chi connectivity index (χ2n) is 7.05. The minimum atomic E-state index is -0.312. The van der Waals surface area contributed by atoms with Gasteiger partial charge < -0.3 is 4.90 Å². The van der Waals surface area contributed by atoms with Crippen LogP contribution in [0.25, 0.3) is 0 Å². The molecule has 0 N–H and O–H groups in total. The summed E-state index contributed by atoms with van der Waals surface area (Å²) in [7, 11) is 0. The zero-order valence-corrected chi connectivity index (χ0v) is 16.1. The Labute approximate surface area is 156 Å². The maximum Gasteiger partial charge on any atom is 0.231 e. The molecular formula is C19H23N3OS2. The van der Waals surface area contributed by atoms with E-state index >= 15 is 0 Å². The van der Waals surface area contributed by atoms with Crippen molar-refractivity contribution in [3.05, 3.63) is 51.1 Å². The van der Waals surface area contributed by atoms with E-state index in [0.29, 0.717) is 6.54 Å². The molecule has 0 saturated carbocycles. The summed E-state index contributed by atoms with van der Waals surface area (Å²) in [6.07, 6.45) is 4.61. The first-order valence-corrected chi connectivity index (χ1v) is 10.4. The van der Waals surface area contributed by atoms with Crippen LogP contribution in [0.5, 0.6) is 0 Å². The lowest BCUT2D eigenvalue weighted by Crippen LogP contribution is -2.39. The number of hydrogen-bond donors (Lipinski definition) is 0. The van der Waals surface area contributed by atoms with E-state index in [2.05, 4.69) is 35.5 Å². The highest BCUT2D eigenvalue weighted by atomic mass is 32.1. The summed E-state index contributed by atoms with van der Waals surface area (Å²) in [4.78, 5) is 25.0. The zero-order chi connectivity index (χ0) is 17.4. The lowest BCUT2D eigenvalue weighted by molar-refractivity contribution is -0.135. The van der Waals surface area contributed by atoms with Gasteiger partial charge in [-0.05, 0) is 25.5 Å². The molecule has 2 aromatic heterocycles. The topological polar surface area (TPSA) is 36.4 Å². The molecule has 2 unspecified atom stereocenters. The number of thiazole rings is 1. The van der Waals surface area contributed by atoms with Crippen LogP contribution in [0.2, 0.25) is 0 Å². The molecule has 0 aliphatic carbocycles. The van der Waals surface area contributed by atoms with E-state index in [1.807, 2.05) is 33.9 Å². The van der Waals surface area contributed by atoms with Crippen molar-refractivity contribution in [3.63, 3.8) is 0 Å². The van der Waals surface area contributed by atoms with Crippen LogP contribution in [-0.2, 0) is 11.3 Å². The summed E-state index contributed by atoms with van der Waals surface area (Å²) in [5.74, 6) is 0.494. The number of aryl methyl sites for hydroxylation is 1. The lowest BCUT2D eigenvalue weighted by Gasteiger charge is -2.27. The largest absolute Gasteiger partial charge is 0.338 e. The van der Waals surface area contributed by atoms with E-state index in [0.717, 1.165) is 37.6 Å². The molecule has 2 aliphatic rings. The van der Waals surface area contributed by atoms with E-state index in [1.54, 1.807) is 11.3 Å². The maximum absolute atomic E-state index is 13.3. The first-order chi connectivity index (χ1) is 12.1. The number of likely N-dealkylation sites (tertiary alicyclic amines) is 2. The summed E-state index contributed by atoms with van der Waals surface area (Å²) >= 11 is 3.53. The van der Waals surface area contributed by atoms with E-state index in [-0.39, 0.29) is 17.2 Å². The number of hydrogen-bond acceptors (Lipinski definition) is 5. The molecule has 2 atom stereocenters. The van der Waals surface area contributed by atoms with Crippen molar-refractivity contribution in [2.45, 2.75) is 25.8 Å². The van der Waals surface area contributed by atoms with Gasteiger partial charge in [0.25, 0.3) is 0 Å². The first-order valence-electron chi connectivity index (χ1n) is 8.70. The molecule has 0 radical (unpaired) electrons. The zero-order valence-electron chi connectivity index (χ0n) is 14.5. The third-order valence-electron chi connectivity index (χ3n) is 5.43. The van der Waals surface area contributed by atoms with Gasteiger partial charge in [0.1, 0.15) is 0 Å². The normalized spacial score (nSPS) is 26.8. The monoisotopic (exact) mass is 373 g/mol. The minimum Gasteiger partial charge on any atom is -0.338 e. The fourth-order valence-corrected chi connectivity index (χ4v) is 6.08. The Balaban J connectivity index is 1.61. The van der Waals surface area contributed by atoms with Gasteiger partial charge in [0.2, 0.25) is 5.91 Å². The molecule has 0 bridgehead atoms.